The molecule has 6 nitrogen and oxygen atoms in total. The van der Waals surface area contributed by atoms with E-state index in [2.05, 4.69) is 10.6 Å². The number of nitrogens with one attached hydrogen (secondary N) is 2. The predicted octanol–water partition coefficient (Wildman–Crippen LogP) is 4.59. The molecule has 0 fully saturated rings. The first-order chi connectivity index (χ1) is 14.8. The van der Waals surface area contributed by atoms with Crippen molar-refractivity contribution in [2.75, 3.05) is 37.0 Å². The fourth-order valence-corrected chi connectivity index (χ4v) is 2.79. The van der Waals surface area contributed by atoms with Crippen molar-refractivity contribution < 1.29 is 19.0 Å². The Morgan fingerprint density at radius 2 is 1.33 bits per heavy atom. The maximum Gasteiger partial charge on any atom is 0.243 e. The summed E-state index contributed by atoms with van der Waals surface area (Å²) in [4.78, 5) is 12.4. The van der Waals surface area contributed by atoms with Gasteiger partial charge in [-0.15, -0.1) is 0 Å². The standard InChI is InChI=1S/C24H26N2O4/c1-2-28-22-14-8-6-12-20(22)25-18-24(27)26-21-13-7-9-15-23(21)30-17-16-29-19-10-4-3-5-11-19/h3-15,25H,2,16-18H2,1H3,(H,26,27). The molecule has 0 aliphatic heterocycles. The van der Waals surface area contributed by atoms with E-state index in [1.54, 1.807) is 6.07 Å². The number of ether oxygens (including phenoxy) is 3. The van der Waals surface area contributed by atoms with Gasteiger partial charge in [0.15, 0.2) is 0 Å². The van der Waals surface area contributed by atoms with E-state index in [0.717, 1.165) is 17.2 Å². The van der Waals surface area contributed by atoms with Gasteiger partial charge in [-0.2, -0.15) is 0 Å². The monoisotopic (exact) mass is 406 g/mol. The first-order valence-corrected chi connectivity index (χ1v) is 9.91. The number of rotatable bonds is 11. The lowest BCUT2D eigenvalue weighted by molar-refractivity contribution is -0.114. The second kappa shape index (κ2) is 11.4. The highest BCUT2D eigenvalue weighted by Crippen LogP contribution is 2.25. The van der Waals surface area contributed by atoms with Crippen molar-refractivity contribution in [2.45, 2.75) is 6.92 Å². The SMILES string of the molecule is CCOc1ccccc1NCC(=O)Nc1ccccc1OCCOc1ccccc1. The quantitative estimate of drug-likeness (QED) is 0.456. The van der Waals surface area contributed by atoms with Crippen LogP contribution >= 0.6 is 0 Å². The zero-order valence-electron chi connectivity index (χ0n) is 17.0. The van der Waals surface area contributed by atoms with Crippen LogP contribution in [-0.4, -0.2) is 32.3 Å². The highest BCUT2D eigenvalue weighted by atomic mass is 16.5. The van der Waals surface area contributed by atoms with Crippen LogP contribution in [0.5, 0.6) is 17.2 Å². The third-order valence-corrected chi connectivity index (χ3v) is 4.14. The van der Waals surface area contributed by atoms with Gasteiger partial charge >= 0.3 is 0 Å². The number of anilines is 2. The van der Waals surface area contributed by atoms with E-state index in [1.807, 2.05) is 79.7 Å². The van der Waals surface area contributed by atoms with Gasteiger partial charge in [-0.05, 0) is 43.3 Å². The highest BCUT2D eigenvalue weighted by molar-refractivity contribution is 5.95. The zero-order valence-corrected chi connectivity index (χ0v) is 17.0. The van der Waals surface area contributed by atoms with Gasteiger partial charge in [0, 0.05) is 0 Å². The minimum Gasteiger partial charge on any atom is -0.492 e. The smallest absolute Gasteiger partial charge is 0.243 e. The summed E-state index contributed by atoms with van der Waals surface area (Å²) in [6.07, 6.45) is 0. The summed E-state index contributed by atoms with van der Waals surface area (Å²) in [7, 11) is 0. The van der Waals surface area contributed by atoms with Crippen LogP contribution in [0, 0.1) is 0 Å². The molecule has 0 saturated carbocycles. The third-order valence-electron chi connectivity index (χ3n) is 4.14. The number of carbonyl (C=O) groups excluding carboxylic acids is 1. The molecule has 3 aromatic carbocycles. The molecule has 0 bridgehead atoms. The van der Waals surface area contributed by atoms with Crippen LogP contribution in [0.25, 0.3) is 0 Å². The van der Waals surface area contributed by atoms with Crippen LogP contribution in [0.1, 0.15) is 6.92 Å². The van der Waals surface area contributed by atoms with Crippen molar-refractivity contribution in [3.8, 4) is 17.2 Å². The summed E-state index contributed by atoms with van der Waals surface area (Å²) in [6, 6.07) is 24.4. The molecule has 30 heavy (non-hydrogen) atoms. The van der Waals surface area contributed by atoms with Gasteiger partial charge in [-0.25, -0.2) is 0 Å². The van der Waals surface area contributed by atoms with Crippen LogP contribution < -0.4 is 24.8 Å². The van der Waals surface area contributed by atoms with Crippen molar-refractivity contribution in [3.63, 3.8) is 0 Å². The third kappa shape index (κ3) is 6.44. The minimum absolute atomic E-state index is 0.107. The van der Waals surface area contributed by atoms with E-state index in [0.29, 0.717) is 31.3 Å². The van der Waals surface area contributed by atoms with Crippen LogP contribution in [-0.2, 0) is 4.79 Å². The van der Waals surface area contributed by atoms with E-state index in [4.69, 9.17) is 14.2 Å². The van der Waals surface area contributed by atoms with Gasteiger partial charge in [0.1, 0.15) is 30.5 Å². The molecule has 0 aliphatic carbocycles. The first kappa shape index (κ1) is 21.0. The Kier molecular flexibility index (Phi) is 7.97. The Balaban J connectivity index is 1.49. The summed E-state index contributed by atoms with van der Waals surface area (Å²) >= 11 is 0. The number of benzene rings is 3. The van der Waals surface area contributed by atoms with E-state index < -0.39 is 0 Å². The van der Waals surface area contributed by atoms with Crippen LogP contribution in [0.3, 0.4) is 0 Å². The van der Waals surface area contributed by atoms with Gasteiger partial charge < -0.3 is 24.8 Å². The molecule has 0 atom stereocenters. The number of hydrogen-bond acceptors (Lipinski definition) is 5. The average Bonchev–Trinajstić information content (AvgIpc) is 2.78. The van der Waals surface area contributed by atoms with E-state index in [1.165, 1.54) is 0 Å². The molecule has 0 aromatic heterocycles. The molecule has 0 saturated heterocycles. The fraction of sp³-hybridized carbons (Fsp3) is 0.208. The molecule has 0 spiro atoms. The van der Waals surface area contributed by atoms with E-state index in [-0.39, 0.29) is 12.5 Å². The highest BCUT2D eigenvalue weighted by Gasteiger charge is 2.09. The molecule has 3 rings (SSSR count). The number of carbonyl (C=O) groups is 1. The molecule has 1 amide bonds. The lowest BCUT2D eigenvalue weighted by atomic mass is 10.2. The average molecular weight is 406 g/mol. The number of hydrogen-bond donors (Lipinski definition) is 2. The van der Waals surface area contributed by atoms with Crippen molar-refractivity contribution >= 4 is 17.3 Å². The van der Waals surface area contributed by atoms with E-state index in [9.17, 15) is 4.79 Å². The predicted molar refractivity (Wildman–Crippen MR) is 119 cm³/mol. The fourth-order valence-electron chi connectivity index (χ4n) is 2.79. The van der Waals surface area contributed by atoms with Crippen LogP contribution in [0.4, 0.5) is 11.4 Å². The maximum absolute atomic E-state index is 12.4. The lowest BCUT2D eigenvalue weighted by Gasteiger charge is -2.14. The van der Waals surface area contributed by atoms with Crippen LogP contribution in [0.15, 0.2) is 78.9 Å². The molecule has 3 aromatic rings. The molecular formula is C24H26N2O4. The van der Waals surface area contributed by atoms with Crippen molar-refractivity contribution in [2.24, 2.45) is 0 Å². The largest absolute Gasteiger partial charge is 0.492 e. The van der Waals surface area contributed by atoms with Crippen molar-refractivity contribution in [3.05, 3.63) is 78.9 Å². The first-order valence-electron chi connectivity index (χ1n) is 9.91. The van der Waals surface area contributed by atoms with Gasteiger partial charge in [0.2, 0.25) is 5.91 Å². The van der Waals surface area contributed by atoms with Crippen molar-refractivity contribution in [1.29, 1.82) is 0 Å². The van der Waals surface area contributed by atoms with E-state index >= 15 is 0 Å². The molecule has 0 aliphatic rings. The van der Waals surface area contributed by atoms with Gasteiger partial charge in [-0.3, -0.25) is 4.79 Å². The summed E-state index contributed by atoms with van der Waals surface area (Å²) < 4.78 is 17.0. The zero-order chi connectivity index (χ0) is 21.0. The Morgan fingerprint density at radius 1 is 0.733 bits per heavy atom. The summed E-state index contributed by atoms with van der Waals surface area (Å²) in [6.45, 7) is 3.36. The minimum atomic E-state index is -0.183. The molecule has 6 heteroatoms. The molecule has 0 heterocycles. The van der Waals surface area contributed by atoms with Crippen molar-refractivity contribution in [1.82, 2.24) is 0 Å². The maximum atomic E-state index is 12.4. The van der Waals surface area contributed by atoms with Crippen LogP contribution in [0.2, 0.25) is 0 Å². The molecule has 156 valence electrons. The molecule has 2 N–H and O–H groups in total. The Morgan fingerprint density at radius 3 is 2.07 bits per heavy atom. The topological polar surface area (TPSA) is 68.8 Å². The summed E-state index contributed by atoms with van der Waals surface area (Å²) in [5, 5.41) is 5.99. The molecular weight excluding hydrogens is 380 g/mol. The Labute approximate surface area is 176 Å². The summed E-state index contributed by atoms with van der Waals surface area (Å²) in [5.74, 6) is 1.92. The van der Waals surface area contributed by atoms with Gasteiger partial charge in [0.25, 0.3) is 0 Å². The lowest BCUT2D eigenvalue weighted by Crippen LogP contribution is -2.22. The molecule has 0 radical (unpaired) electrons. The second-order valence-corrected chi connectivity index (χ2v) is 6.34. The molecule has 0 unspecified atom stereocenters. The normalized spacial score (nSPS) is 10.2. The Bertz CT molecular complexity index is 931. The number of para-hydroxylation sites is 5. The number of amides is 1. The van der Waals surface area contributed by atoms with Gasteiger partial charge in [-0.1, -0.05) is 42.5 Å². The van der Waals surface area contributed by atoms with Gasteiger partial charge in [0.05, 0.1) is 24.5 Å². The summed E-state index contributed by atoms with van der Waals surface area (Å²) in [5.41, 5.74) is 1.39. The Hall–Kier alpha value is -3.67. The second-order valence-electron chi connectivity index (χ2n) is 6.34.